The number of aryl methyl sites for hydroxylation is 1. The molecule has 2 amide bonds. The molecular weight excluding hydrogens is 483 g/mol. The fourth-order valence-corrected chi connectivity index (χ4v) is 2.87. The van der Waals surface area contributed by atoms with Gasteiger partial charge in [-0.25, -0.2) is 0 Å². The second kappa shape index (κ2) is 11.2. The Morgan fingerprint density at radius 2 is 1.59 bits per heavy atom. The van der Waals surface area contributed by atoms with Gasteiger partial charge >= 0.3 is 5.97 Å². The summed E-state index contributed by atoms with van der Waals surface area (Å²) in [6, 6.07) is 10.1. The maximum absolute atomic E-state index is 11.9. The lowest BCUT2D eigenvalue weighted by atomic mass is 10.2. The lowest BCUT2D eigenvalue weighted by Crippen LogP contribution is -2.21. The van der Waals surface area contributed by atoms with Gasteiger partial charge in [-0.1, -0.05) is 39.1 Å². The van der Waals surface area contributed by atoms with Crippen LogP contribution in [0.5, 0.6) is 0 Å². The van der Waals surface area contributed by atoms with Crippen molar-refractivity contribution in [2.75, 3.05) is 17.2 Å². The van der Waals surface area contributed by atoms with Crippen molar-refractivity contribution in [3.63, 3.8) is 0 Å². The van der Waals surface area contributed by atoms with E-state index in [9.17, 15) is 14.4 Å². The van der Waals surface area contributed by atoms with E-state index in [0.29, 0.717) is 27.8 Å². The van der Waals surface area contributed by atoms with Crippen LogP contribution in [0, 0.1) is 6.92 Å². The van der Waals surface area contributed by atoms with Crippen molar-refractivity contribution < 1.29 is 19.1 Å². The van der Waals surface area contributed by atoms with Crippen molar-refractivity contribution in [2.45, 2.75) is 26.2 Å². The third kappa shape index (κ3) is 8.04. The first-order valence-electron chi connectivity index (χ1n) is 8.71. The lowest BCUT2D eigenvalue weighted by Gasteiger charge is -2.08. The predicted molar refractivity (Wildman–Crippen MR) is 117 cm³/mol. The number of nitrogens with one attached hydrogen (secondary N) is 2. The highest BCUT2D eigenvalue weighted by Crippen LogP contribution is 2.25. The van der Waals surface area contributed by atoms with Crippen molar-refractivity contribution in [3.05, 3.63) is 56.5 Å². The van der Waals surface area contributed by atoms with E-state index >= 15 is 0 Å². The molecule has 29 heavy (non-hydrogen) atoms. The van der Waals surface area contributed by atoms with E-state index in [4.69, 9.17) is 27.9 Å². The molecule has 0 saturated carbocycles. The molecule has 9 heteroatoms. The van der Waals surface area contributed by atoms with Crippen LogP contribution in [-0.4, -0.2) is 24.4 Å². The number of carbonyl (C=O) groups is 3. The van der Waals surface area contributed by atoms with Gasteiger partial charge < -0.3 is 15.4 Å². The van der Waals surface area contributed by atoms with E-state index in [1.807, 2.05) is 13.0 Å². The van der Waals surface area contributed by atoms with Crippen LogP contribution in [0.4, 0.5) is 11.4 Å². The Kier molecular flexibility index (Phi) is 8.95. The number of rotatable bonds is 8. The molecule has 2 N–H and O–H groups in total. The largest absolute Gasteiger partial charge is 0.456 e. The van der Waals surface area contributed by atoms with Gasteiger partial charge in [-0.05, 0) is 55.3 Å². The van der Waals surface area contributed by atoms with E-state index in [-0.39, 0.29) is 25.4 Å². The molecule has 2 rings (SSSR count). The minimum absolute atomic E-state index is 0.0272. The van der Waals surface area contributed by atoms with Crippen LogP contribution in [0.2, 0.25) is 10.0 Å². The molecule has 0 spiro atoms. The number of ether oxygens (including phenoxy) is 1. The Labute approximate surface area is 187 Å². The number of esters is 1. The lowest BCUT2D eigenvalue weighted by molar-refractivity contribution is -0.147. The molecule has 0 bridgehead atoms. The van der Waals surface area contributed by atoms with Gasteiger partial charge in [0.15, 0.2) is 6.61 Å². The number of anilines is 2. The highest BCUT2D eigenvalue weighted by atomic mass is 79.9. The van der Waals surface area contributed by atoms with Crippen LogP contribution in [0.15, 0.2) is 40.9 Å². The third-order valence-electron chi connectivity index (χ3n) is 3.79. The average molecular weight is 502 g/mol. The first-order chi connectivity index (χ1) is 13.7. The zero-order valence-electron chi connectivity index (χ0n) is 15.6. The molecule has 0 aliphatic heterocycles. The van der Waals surface area contributed by atoms with Crippen molar-refractivity contribution in [2.24, 2.45) is 0 Å². The van der Waals surface area contributed by atoms with Crippen LogP contribution in [-0.2, 0) is 19.1 Å². The maximum atomic E-state index is 11.9. The molecule has 0 aliphatic rings. The molecule has 0 fully saturated rings. The number of amides is 2. The number of hydrogen-bond acceptors (Lipinski definition) is 4. The second-order valence-electron chi connectivity index (χ2n) is 6.20. The molecule has 0 saturated heterocycles. The third-order valence-corrected chi connectivity index (χ3v) is 5.42. The summed E-state index contributed by atoms with van der Waals surface area (Å²) < 4.78 is 5.87. The maximum Gasteiger partial charge on any atom is 0.306 e. The second-order valence-corrected chi connectivity index (χ2v) is 7.87. The molecule has 0 radical (unpaired) electrons. The Hall–Kier alpha value is -2.09. The van der Waals surface area contributed by atoms with E-state index in [1.54, 1.807) is 30.3 Å². The van der Waals surface area contributed by atoms with Gasteiger partial charge in [0, 0.05) is 28.7 Å². The molecule has 0 aromatic heterocycles. The number of hydrogen-bond donors (Lipinski definition) is 2. The highest BCUT2D eigenvalue weighted by Gasteiger charge is 2.10. The fourth-order valence-electron chi connectivity index (χ4n) is 2.33. The summed E-state index contributed by atoms with van der Waals surface area (Å²) in [5.74, 6) is -1.24. The fraction of sp³-hybridized carbons (Fsp3) is 0.250. The Morgan fingerprint density at radius 1 is 0.931 bits per heavy atom. The topological polar surface area (TPSA) is 84.5 Å². The van der Waals surface area contributed by atoms with Gasteiger partial charge in [0.2, 0.25) is 5.91 Å². The number of benzene rings is 2. The van der Waals surface area contributed by atoms with Gasteiger partial charge in [0.05, 0.1) is 10.0 Å². The van der Waals surface area contributed by atoms with Crippen LogP contribution < -0.4 is 10.6 Å². The summed E-state index contributed by atoms with van der Waals surface area (Å²) in [4.78, 5) is 35.5. The van der Waals surface area contributed by atoms with Crippen LogP contribution in [0.1, 0.15) is 24.8 Å². The van der Waals surface area contributed by atoms with Crippen LogP contribution in [0.25, 0.3) is 0 Å². The summed E-state index contributed by atoms with van der Waals surface area (Å²) in [5.41, 5.74) is 2.11. The first-order valence-corrected chi connectivity index (χ1v) is 10.3. The first kappa shape index (κ1) is 23.2. The monoisotopic (exact) mass is 500 g/mol. The van der Waals surface area contributed by atoms with Crippen molar-refractivity contribution in [3.8, 4) is 0 Å². The zero-order chi connectivity index (χ0) is 21.4. The molecule has 0 atom stereocenters. The minimum Gasteiger partial charge on any atom is -0.456 e. The summed E-state index contributed by atoms with van der Waals surface area (Å²) in [6.45, 7) is 1.51. The minimum atomic E-state index is -0.547. The molecule has 0 aliphatic carbocycles. The average Bonchev–Trinajstić information content (AvgIpc) is 2.66. The Bertz CT molecular complexity index is 921. The molecule has 2 aromatic rings. The number of halogens is 3. The van der Waals surface area contributed by atoms with E-state index in [0.717, 1.165) is 10.0 Å². The standard InChI is InChI=1S/C20H19BrCl2N2O4/c1-12-9-13(5-7-15(12)21)25-19(27)11-29-20(28)4-2-3-18(26)24-14-6-8-16(22)17(23)10-14/h5-10H,2-4,11H2,1H3,(H,24,26)(H,25,27). The highest BCUT2D eigenvalue weighted by molar-refractivity contribution is 9.10. The van der Waals surface area contributed by atoms with E-state index in [2.05, 4.69) is 26.6 Å². The van der Waals surface area contributed by atoms with Crippen LogP contribution in [0.3, 0.4) is 0 Å². The molecule has 0 heterocycles. The molecule has 2 aromatic carbocycles. The van der Waals surface area contributed by atoms with Crippen LogP contribution >= 0.6 is 39.1 Å². The summed E-state index contributed by atoms with van der Waals surface area (Å²) in [7, 11) is 0. The Balaban J connectivity index is 1.65. The quantitative estimate of drug-likeness (QED) is 0.477. The molecule has 6 nitrogen and oxygen atoms in total. The predicted octanol–water partition coefficient (Wildman–Crippen LogP) is 5.36. The van der Waals surface area contributed by atoms with E-state index in [1.165, 1.54) is 0 Å². The molecule has 154 valence electrons. The summed E-state index contributed by atoms with van der Waals surface area (Å²) in [6.07, 6.45) is 0.443. The van der Waals surface area contributed by atoms with Gasteiger partial charge in [0.1, 0.15) is 0 Å². The normalized spacial score (nSPS) is 10.3. The van der Waals surface area contributed by atoms with E-state index < -0.39 is 11.9 Å². The van der Waals surface area contributed by atoms with Gasteiger partial charge in [-0.15, -0.1) is 0 Å². The molecular formula is C20H19BrCl2N2O4. The van der Waals surface area contributed by atoms with Crippen molar-refractivity contribution >= 4 is 68.3 Å². The summed E-state index contributed by atoms with van der Waals surface area (Å²) in [5, 5.41) is 6.05. The summed E-state index contributed by atoms with van der Waals surface area (Å²) >= 11 is 15.1. The SMILES string of the molecule is Cc1cc(NC(=O)COC(=O)CCCC(=O)Nc2ccc(Cl)c(Cl)c2)ccc1Br. The Morgan fingerprint density at radius 3 is 2.28 bits per heavy atom. The zero-order valence-corrected chi connectivity index (χ0v) is 18.7. The number of carbonyl (C=O) groups excluding carboxylic acids is 3. The van der Waals surface area contributed by atoms with Gasteiger partial charge in [0.25, 0.3) is 5.91 Å². The molecule has 0 unspecified atom stereocenters. The van der Waals surface area contributed by atoms with Crippen molar-refractivity contribution in [1.29, 1.82) is 0 Å². The van der Waals surface area contributed by atoms with Gasteiger partial charge in [-0.3, -0.25) is 14.4 Å². The van der Waals surface area contributed by atoms with Gasteiger partial charge in [-0.2, -0.15) is 0 Å². The smallest absolute Gasteiger partial charge is 0.306 e. The van der Waals surface area contributed by atoms with Crippen molar-refractivity contribution in [1.82, 2.24) is 0 Å².